The van der Waals surface area contributed by atoms with Crippen LogP contribution in [0.3, 0.4) is 0 Å². The Balaban J connectivity index is 1.79. The largest absolute Gasteiger partial charge is 0.339 e. The lowest BCUT2D eigenvalue weighted by Crippen LogP contribution is -2.26. The highest BCUT2D eigenvalue weighted by Gasteiger charge is 2.25. The standard InChI is InChI=1S/C25H26FN3S/c1-4-28(5-2)12-13-29-20-10-8-17-16(3)6-7-18(17)23(20)24-21(29)11-9-19(25(24)26)22-14-27-15-30-22/h8-11,14-15H,3-7,12-13H2,1-2H3. The van der Waals surface area contributed by atoms with Crippen LogP contribution in [0.25, 0.3) is 37.8 Å². The van der Waals surface area contributed by atoms with Crippen molar-refractivity contribution in [2.75, 3.05) is 19.6 Å². The molecule has 2 aromatic heterocycles. The molecule has 5 rings (SSSR count). The Kier molecular flexibility index (Phi) is 4.95. The van der Waals surface area contributed by atoms with Gasteiger partial charge in [0, 0.05) is 41.1 Å². The first kappa shape index (κ1) is 19.5. The highest BCUT2D eigenvalue weighted by atomic mass is 32.1. The van der Waals surface area contributed by atoms with E-state index in [1.807, 2.05) is 6.07 Å². The zero-order chi connectivity index (χ0) is 20.8. The van der Waals surface area contributed by atoms with Crippen LogP contribution in [0.1, 0.15) is 31.4 Å². The Morgan fingerprint density at radius 2 is 1.80 bits per heavy atom. The first-order valence-corrected chi connectivity index (χ1v) is 11.6. The van der Waals surface area contributed by atoms with Gasteiger partial charge in [-0.15, -0.1) is 11.3 Å². The summed E-state index contributed by atoms with van der Waals surface area (Å²) in [5, 5.41) is 1.83. The second-order valence-corrected chi connectivity index (χ2v) is 8.84. The maximum Gasteiger partial charge on any atom is 0.141 e. The summed E-state index contributed by atoms with van der Waals surface area (Å²) < 4.78 is 18.3. The number of fused-ring (bicyclic) bond motifs is 5. The topological polar surface area (TPSA) is 21.1 Å². The smallest absolute Gasteiger partial charge is 0.141 e. The molecule has 3 nitrogen and oxygen atoms in total. The molecule has 4 aromatic rings. The monoisotopic (exact) mass is 419 g/mol. The molecule has 2 aromatic carbocycles. The second-order valence-electron chi connectivity index (χ2n) is 7.95. The van der Waals surface area contributed by atoms with Gasteiger partial charge in [0.2, 0.25) is 0 Å². The number of hydrogen-bond donors (Lipinski definition) is 0. The summed E-state index contributed by atoms with van der Waals surface area (Å²) in [4.78, 5) is 7.43. The molecular weight excluding hydrogens is 393 g/mol. The molecule has 1 aliphatic carbocycles. The van der Waals surface area contributed by atoms with Crippen LogP contribution >= 0.6 is 11.3 Å². The quantitative estimate of drug-likeness (QED) is 0.363. The zero-order valence-corrected chi connectivity index (χ0v) is 18.4. The number of benzene rings is 2. The van der Waals surface area contributed by atoms with Gasteiger partial charge in [0.25, 0.3) is 0 Å². The Bertz CT molecular complexity index is 1250. The van der Waals surface area contributed by atoms with Gasteiger partial charge in [-0.3, -0.25) is 4.98 Å². The van der Waals surface area contributed by atoms with E-state index in [2.05, 4.69) is 53.1 Å². The van der Waals surface area contributed by atoms with Crippen LogP contribution in [0.4, 0.5) is 4.39 Å². The molecule has 0 amide bonds. The van der Waals surface area contributed by atoms with Crippen LogP contribution in [0.15, 0.2) is 42.6 Å². The third kappa shape index (κ3) is 2.91. The predicted octanol–water partition coefficient (Wildman–Crippen LogP) is 6.36. The van der Waals surface area contributed by atoms with Crippen LogP contribution < -0.4 is 0 Å². The molecule has 0 aliphatic heterocycles. The molecule has 0 unspecified atom stereocenters. The maximum absolute atomic E-state index is 16.0. The van der Waals surface area contributed by atoms with E-state index in [1.54, 1.807) is 11.7 Å². The number of allylic oxidation sites excluding steroid dienone is 1. The fourth-order valence-corrected chi connectivity index (χ4v) is 5.50. The third-order valence-electron chi connectivity index (χ3n) is 6.53. The van der Waals surface area contributed by atoms with Crippen molar-refractivity contribution < 1.29 is 4.39 Å². The van der Waals surface area contributed by atoms with Crippen LogP contribution in [-0.4, -0.2) is 34.1 Å². The Labute approximate surface area is 180 Å². The number of thiazole rings is 1. The van der Waals surface area contributed by atoms with E-state index in [-0.39, 0.29) is 5.82 Å². The summed E-state index contributed by atoms with van der Waals surface area (Å²) in [5.74, 6) is -0.130. The van der Waals surface area contributed by atoms with Crippen molar-refractivity contribution in [1.82, 2.24) is 14.5 Å². The number of nitrogens with zero attached hydrogens (tertiary/aromatic N) is 3. The van der Waals surface area contributed by atoms with Gasteiger partial charge >= 0.3 is 0 Å². The molecule has 0 atom stereocenters. The van der Waals surface area contributed by atoms with Crippen LogP contribution in [0.2, 0.25) is 0 Å². The molecule has 30 heavy (non-hydrogen) atoms. The molecule has 154 valence electrons. The van der Waals surface area contributed by atoms with Gasteiger partial charge in [0.15, 0.2) is 0 Å². The van der Waals surface area contributed by atoms with Crippen LogP contribution in [0, 0.1) is 5.82 Å². The molecule has 0 spiro atoms. The van der Waals surface area contributed by atoms with Gasteiger partial charge in [0.05, 0.1) is 15.9 Å². The summed E-state index contributed by atoms with van der Waals surface area (Å²) in [7, 11) is 0. The molecule has 0 radical (unpaired) electrons. The van der Waals surface area contributed by atoms with Gasteiger partial charge in [-0.1, -0.05) is 26.5 Å². The normalized spacial score (nSPS) is 13.8. The third-order valence-corrected chi connectivity index (χ3v) is 7.34. The van der Waals surface area contributed by atoms with Crippen molar-refractivity contribution in [3.63, 3.8) is 0 Å². The summed E-state index contributed by atoms with van der Waals surface area (Å²) in [5.41, 5.74) is 8.13. The zero-order valence-electron chi connectivity index (χ0n) is 17.5. The highest BCUT2D eigenvalue weighted by molar-refractivity contribution is 7.13. The van der Waals surface area contributed by atoms with E-state index in [4.69, 9.17) is 0 Å². The van der Waals surface area contributed by atoms with Gasteiger partial charge in [-0.25, -0.2) is 4.39 Å². The van der Waals surface area contributed by atoms with E-state index in [0.717, 1.165) is 71.3 Å². The van der Waals surface area contributed by atoms with Gasteiger partial charge in [-0.2, -0.15) is 0 Å². The molecule has 0 N–H and O–H groups in total. The van der Waals surface area contributed by atoms with Crippen molar-refractivity contribution in [1.29, 1.82) is 0 Å². The fraction of sp³-hybridized carbons (Fsp3) is 0.320. The van der Waals surface area contributed by atoms with Crippen molar-refractivity contribution in [3.05, 3.63) is 59.5 Å². The summed E-state index contributed by atoms with van der Waals surface area (Å²) in [6.45, 7) is 12.5. The van der Waals surface area contributed by atoms with E-state index in [1.165, 1.54) is 22.5 Å². The molecule has 0 fully saturated rings. The second kappa shape index (κ2) is 7.64. The van der Waals surface area contributed by atoms with E-state index >= 15 is 4.39 Å². The van der Waals surface area contributed by atoms with Gasteiger partial charge in [-0.05, 0) is 60.8 Å². The SMILES string of the molecule is C=C1CCc2c1ccc1c2c2c(F)c(-c3cncs3)ccc2n1CCN(CC)CC. The van der Waals surface area contributed by atoms with E-state index < -0.39 is 0 Å². The molecule has 0 saturated heterocycles. The predicted molar refractivity (Wildman–Crippen MR) is 126 cm³/mol. The van der Waals surface area contributed by atoms with Crippen LogP contribution in [0.5, 0.6) is 0 Å². The van der Waals surface area contributed by atoms with Crippen LogP contribution in [-0.2, 0) is 13.0 Å². The Hall–Kier alpha value is -2.50. The molecule has 0 saturated carbocycles. The fourth-order valence-electron chi connectivity index (χ4n) is 4.86. The number of hydrogen-bond acceptors (Lipinski definition) is 3. The number of likely N-dealkylation sites (N-methyl/N-ethyl adjacent to an activating group) is 1. The van der Waals surface area contributed by atoms with Crippen molar-refractivity contribution in [2.45, 2.75) is 33.2 Å². The minimum Gasteiger partial charge on any atom is -0.339 e. The number of aryl methyl sites for hydroxylation is 1. The first-order chi connectivity index (χ1) is 14.6. The lowest BCUT2D eigenvalue weighted by Gasteiger charge is -2.19. The summed E-state index contributed by atoms with van der Waals surface area (Å²) in [6.07, 6.45) is 3.64. The average Bonchev–Trinajstić information content (AvgIpc) is 3.48. The van der Waals surface area contributed by atoms with Crippen molar-refractivity contribution >= 4 is 38.7 Å². The summed E-state index contributed by atoms with van der Waals surface area (Å²) >= 11 is 1.48. The lowest BCUT2D eigenvalue weighted by atomic mass is 10.00. The number of halogens is 1. The number of rotatable bonds is 6. The molecule has 2 heterocycles. The van der Waals surface area contributed by atoms with Gasteiger partial charge < -0.3 is 9.47 Å². The van der Waals surface area contributed by atoms with Crippen molar-refractivity contribution in [3.8, 4) is 10.4 Å². The molecule has 0 bridgehead atoms. The first-order valence-electron chi connectivity index (χ1n) is 10.7. The number of aromatic nitrogens is 2. The Morgan fingerprint density at radius 1 is 1.07 bits per heavy atom. The van der Waals surface area contributed by atoms with E-state index in [0.29, 0.717) is 5.56 Å². The Morgan fingerprint density at radius 3 is 2.50 bits per heavy atom. The van der Waals surface area contributed by atoms with Crippen molar-refractivity contribution in [2.24, 2.45) is 0 Å². The molecule has 5 heteroatoms. The minimum atomic E-state index is -0.130. The highest BCUT2D eigenvalue weighted by Crippen LogP contribution is 2.43. The van der Waals surface area contributed by atoms with Gasteiger partial charge in [0.1, 0.15) is 5.82 Å². The summed E-state index contributed by atoms with van der Waals surface area (Å²) in [6, 6.07) is 8.35. The average molecular weight is 420 g/mol. The van der Waals surface area contributed by atoms with E-state index in [9.17, 15) is 0 Å². The molecular formula is C25H26FN3S. The minimum absolute atomic E-state index is 0.130. The molecule has 1 aliphatic rings. The maximum atomic E-state index is 16.0. The lowest BCUT2D eigenvalue weighted by molar-refractivity contribution is 0.293.